The van der Waals surface area contributed by atoms with Crippen LogP contribution in [0.15, 0.2) is 12.4 Å². The third-order valence-electron chi connectivity index (χ3n) is 3.01. The second kappa shape index (κ2) is 4.97. The van der Waals surface area contributed by atoms with E-state index in [2.05, 4.69) is 14.9 Å². The first-order chi connectivity index (χ1) is 7.70. The molecule has 0 aromatic carbocycles. The van der Waals surface area contributed by atoms with Gasteiger partial charge in [-0.1, -0.05) is 11.6 Å². The van der Waals surface area contributed by atoms with Gasteiger partial charge in [0.1, 0.15) is 0 Å². The molecule has 1 aromatic rings. The number of aliphatic hydroxyl groups is 1. The van der Waals surface area contributed by atoms with Crippen molar-refractivity contribution < 1.29 is 5.11 Å². The quantitative estimate of drug-likeness (QED) is 0.859. The molecule has 16 heavy (non-hydrogen) atoms. The third-order valence-corrected chi connectivity index (χ3v) is 3.28. The van der Waals surface area contributed by atoms with E-state index in [9.17, 15) is 5.11 Å². The van der Waals surface area contributed by atoms with E-state index in [4.69, 9.17) is 11.6 Å². The van der Waals surface area contributed by atoms with Crippen LogP contribution in [0.5, 0.6) is 0 Å². The van der Waals surface area contributed by atoms with Gasteiger partial charge in [-0.25, -0.2) is 9.97 Å². The molecule has 2 heterocycles. The zero-order valence-corrected chi connectivity index (χ0v) is 10.1. The number of hydrogen-bond acceptors (Lipinski definition) is 4. The number of aliphatic hydroxyl groups excluding tert-OH is 1. The Hall–Kier alpha value is -0.870. The average Bonchev–Trinajstić information content (AvgIpc) is 2.29. The lowest BCUT2D eigenvalue weighted by Crippen LogP contribution is -2.46. The van der Waals surface area contributed by atoms with Crippen molar-refractivity contribution in [2.24, 2.45) is 0 Å². The van der Waals surface area contributed by atoms with Gasteiger partial charge in [-0.3, -0.25) is 0 Å². The SMILES string of the molecule is C[C@@H](O)[C@@H]1CCCCN1c1nccnc1Cl. The van der Waals surface area contributed by atoms with Gasteiger partial charge in [0.05, 0.1) is 12.1 Å². The molecule has 0 spiro atoms. The summed E-state index contributed by atoms with van der Waals surface area (Å²) >= 11 is 6.03. The van der Waals surface area contributed by atoms with Crippen LogP contribution in [0.25, 0.3) is 0 Å². The monoisotopic (exact) mass is 241 g/mol. The van der Waals surface area contributed by atoms with E-state index in [1.54, 1.807) is 12.4 Å². The van der Waals surface area contributed by atoms with Gasteiger partial charge in [0.2, 0.25) is 0 Å². The van der Waals surface area contributed by atoms with Crippen LogP contribution in [0.2, 0.25) is 5.15 Å². The Labute approximate surface area is 100 Å². The lowest BCUT2D eigenvalue weighted by Gasteiger charge is -2.38. The number of anilines is 1. The summed E-state index contributed by atoms with van der Waals surface area (Å²) in [4.78, 5) is 10.4. The maximum Gasteiger partial charge on any atom is 0.171 e. The van der Waals surface area contributed by atoms with Gasteiger partial charge in [0, 0.05) is 18.9 Å². The van der Waals surface area contributed by atoms with Crippen LogP contribution in [0.1, 0.15) is 26.2 Å². The maximum atomic E-state index is 9.77. The lowest BCUT2D eigenvalue weighted by molar-refractivity contribution is 0.145. The summed E-state index contributed by atoms with van der Waals surface area (Å²) in [5.41, 5.74) is 0. The second-order valence-corrected chi connectivity index (χ2v) is 4.53. The molecule has 0 unspecified atom stereocenters. The van der Waals surface area contributed by atoms with Gasteiger partial charge in [-0.2, -0.15) is 0 Å². The van der Waals surface area contributed by atoms with Crippen LogP contribution in [0.3, 0.4) is 0 Å². The van der Waals surface area contributed by atoms with Crippen LogP contribution in [0, 0.1) is 0 Å². The van der Waals surface area contributed by atoms with E-state index in [1.807, 2.05) is 6.92 Å². The summed E-state index contributed by atoms with van der Waals surface area (Å²) in [6, 6.07) is 0.1000. The Bertz CT molecular complexity index is 359. The molecule has 1 aliphatic heterocycles. The predicted octanol–water partition coefficient (Wildman–Crippen LogP) is 1.87. The first kappa shape index (κ1) is 11.6. The fraction of sp³-hybridized carbons (Fsp3) is 0.636. The van der Waals surface area contributed by atoms with E-state index < -0.39 is 0 Å². The summed E-state index contributed by atoms with van der Waals surface area (Å²) in [6.07, 6.45) is 6.06. The molecular formula is C11H16ClN3O. The summed E-state index contributed by atoms with van der Waals surface area (Å²) in [5, 5.41) is 10.2. The molecular weight excluding hydrogens is 226 g/mol. The molecule has 2 rings (SSSR count). The number of nitrogens with zero attached hydrogens (tertiary/aromatic N) is 3. The Morgan fingerprint density at radius 2 is 2.19 bits per heavy atom. The van der Waals surface area contributed by atoms with Crippen LogP contribution in [-0.4, -0.2) is 33.8 Å². The van der Waals surface area contributed by atoms with Crippen molar-refractivity contribution >= 4 is 17.4 Å². The standard InChI is InChI=1S/C11H16ClN3O/c1-8(16)9-4-2-3-7-15(9)11-10(12)13-5-6-14-11/h5-6,8-9,16H,2-4,7H2,1H3/t8-,9+/m1/s1. The van der Waals surface area contributed by atoms with Gasteiger partial charge in [0.15, 0.2) is 11.0 Å². The van der Waals surface area contributed by atoms with Gasteiger partial charge < -0.3 is 10.0 Å². The summed E-state index contributed by atoms with van der Waals surface area (Å²) in [6.45, 7) is 2.70. The van der Waals surface area contributed by atoms with Gasteiger partial charge in [-0.05, 0) is 26.2 Å². The van der Waals surface area contributed by atoms with Crippen molar-refractivity contribution in [3.8, 4) is 0 Å². The number of halogens is 1. The van der Waals surface area contributed by atoms with Crippen molar-refractivity contribution in [2.45, 2.75) is 38.3 Å². The fourth-order valence-corrected chi connectivity index (χ4v) is 2.44. The largest absolute Gasteiger partial charge is 0.391 e. The topological polar surface area (TPSA) is 49.2 Å². The zero-order chi connectivity index (χ0) is 11.5. The smallest absolute Gasteiger partial charge is 0.171 e. The van der Waals surface area contributed by atoms with Crippen molar-refractivity contribution in [3.63, 3.8) is 0 Å². The van der Waals surface area contributed by atoms with Gasteiger partial charge in [0.25, 0.3) is 0 Å². The minimum Gasteiger partial charge on any atom is -0.391 e. The molecule has 88 valence electrons. The van der Waals surface area contributed by atoms with Crippen LogP contribution in [0.4, 0.5) is 5.82 Å². The van der Waals surface area contributed by atoms with Gasteiger partial charge >= 0.3 is 0 Å². The van der Waals surface area contributed by atoms with E-state index in [0.29, 0.717) is 11.0 Å². The molecule has 2 atom stereocenters. The summed E-state index contributed by atoms with van der Waals surface area (Å²) in [5.74, 6) is 0.690. The van der Waals surface area contributed by atoms with Crippen LogP contribution in [-0.2, 0) is 0 Å². The van der Waals surface area contributed by atoms with E-state index >= 15 is 0 Å². The molecule has 0 radical (unpaired) electrons. The van der Waals surface area contributed by atoms with Crippen LogP contribution < -0.4 is 4.90 Å². The number of aromatic nitrogens is 2. The van der Waals surface area contributed by atoms with E-state index in [1.165, 1.54) is 0 Å². The molecule has 0 bridgehead atoms. The van der Waals surface area contributed by atoms with Crippen molar-refractivity contribution in [1.82, 2.24) is 9.97 Å². The Kier molecular flexibility index (Phi) is 3.61. The molecule has 1 saturated heterocycles. The fourth-order valence-electron chi connectivity index (χ4n) is 2.23. The molecule has 0 saturated carbocycles. The summed E-state index contributed by atoms with van der Waals surface area (Å²) in [7, 11) is 0. The molecule has 0 aliphatic carbocycles. The molecule has 1 aromatic heterocycles. The van der Waals surface area contributed by atoms with Crippen molar-refractivity contribution in [3.05, 3.63) is 17.5 Å². The third kappa shape index (κ3) is 2.28. The molecule has 5 heteroatoms. The van der Waals surface area contributed by atoms with Crippen molar-refractivity contribution in [1.29, 1.82) is 0 Å². The van der Waals surface area contributed by atoms with E-state index in [0.717, 1.165) is 25.8 Å². The van der Waals surface area contributed by atoms with E-state index in [-0.39, 0.29) is 12.1 Å². The van der Waals surface area contributed by atoms with Crippen molar-refractivity contribution in [2.75, 3.05) is 11.4 Å². The molecule has 0 amide bonds. The zero-order valence-electron chi connectivity index (χ0n) is 9.30. The first-order valence-electron chi connectivity index (χ1n) is 5.61. The van der Waals surface area contributed by atoms with Gasteiger partial charge in [-0.15, -0.1) is 0 Å². The molecule has 1 fully saturated rings. The normalized spacial score (nSPS) is 23.2. The predicted molar refractivity (Wildman–Crippen MR) is 63.7 cm³/mol. The Morgan fingerprint density at radius 3 is 2.88 bits per heavy atom. The lowest BCUT2D eigenvalue weighted by atomic mass is 9.98. The average molecular weight is 242 g/mol. The van der Waals surface area contributed by atoms with Crippen LogP contribution >= 0.6 is 11.6 Å². The highest BCUT2D eigenvalue weighted by molar-refractivity contribution is 6.31. The highest BCUT2D eigenvalue weighted by Crippen LogP contribution is 2.28. The molecule has 1 aliphatic rings. The number of hydrogen-bond donors (Lipinski definition) is 1. The highest BCUT2D eigenvalue weighted by Gasteiger charge is 2.28. The summed E-state index contributed by atoms with van der Waals surface area (Å²) < 4.78 is 0. The Morgan fingerprint density at radius 1 is 1.44 bits per heavy atom. The number of rotatable bonds is 2. The molecule has 1 N–H and O–H groups in total. The second-order valence-electron chi connectivity index (χ2n) is 4.17. The minimum absolute atomic E-state index is 0.1000. The molecule has 4 nitrogen and oxygen atoms in total. The Balaban J connectivity index is 2.27. The maximum absolute atomic E-state index is 9.77. The number of piperidine rings is 1. The minimum atomic E-state index is -0.377. The highest BCUT2D eigenvalue weighted by atomic mass is 35.5. The first-order valence-corrected chi connectivity index (χ1v) is 5.99.